The third-order valence-electron chi connectivity index (χ3n) is 4.65. The number of rotatable bonds is 13. The lowest BCUT2D eigenvalue weighted by Crippen LogP contribution is -2.49. The van der Waals surface area contributed by atoms with Gasteiger partial charge in [0.2, 0.25) is 12.0 Å². The number of unbranched alkanes of at least 4 members (excludes halogenated alkanes) is 5. The van der Waals surface area contributed by atoms with Crippen molar-refractivity contribution in [2.75, 3.05) is 0 Å². The number of carboxylic acid groups (broad SMARTS) is 1. The minimum absolute atomic E-state index is 0.0268. The van der Waals surface area contributed by atoms with Crippen LogP contribution in [0.15, 0.2) is 16.7 Å². The van der Waals surface area contributed by atoms with E-state index in [-0.39, 0.29) is 17.9 Å². The Balaban J connectivity index is 2.62. The van der Waals surface area contributed by atoms with Gasteiger partial charge in [-0.25, -0.2) is 4.79 Å². The van der Waals surface area contributed by atoms with Crippen molar-refractivity contribution >= 4 is 11.9 Å². The van der Waals surface area contributed by atoms with Gasteiger partial charge in [-0.2, -0.15) is 18.2 Å². The fourth-order valence-electron chi connectivity index (χ4n) is 2.71. The first-order valence-corrected chi connectivity index (χ1v) is 9.89. The normalized spacial score (nSPS) is 13.1. The summed E-state index contributed by atoms with van der Waals surface area (Å²) in [5.74, 6) is -2.65. The number of esters is 1. The van der Waals surface area contributed by atoms with Gasteiger partial charge < -0.3 is 14.4 Å². The molecule has 0 aliphatic carbocycles. The fourth-order valence-corrected chi connectivity index (χ4v) is 2.71. The van der Waals surface area contributed by atoms with Crippen LogP contribution in [0.4, 0.5) is 13.2 Å². The van der Waals surface area contributed by atoms with Crippen LogP contribution in [0.3, 0.4) is 0 Å². The lowest BCUT2D eigenvalue weighted by atomic mass is 9.86. The zero-order chi connectivity index (χ0) is 22.9. The van der Waals surface area contributed by atoms with Crippen LogP contribution in [0.2, 0.25) is 0 Å². The van der Waals surface area contributed by atoms with Crippen LogP contribution >= 0.6 is 0 Å². The number of carboxylic acids is 1. The quantitative estimate of drug-likeness (QED) is 0.274. The molecule has 1 aromatic rings. The summed E-state index contributed by atoms with van der Waals surface area (Å²) in [6, 6.07) is 0. The second-order valence-electron chi connectivity index (χ2n) is 7.76. The number of aliphatic carboxylic acids is 1. The van der Waals surface area contributed by atoms with Crippen molar-refractivity contribution in [3.8, 4) is 0 Å². The van der Waals surface area contributed by atoms with E-state index in [9.17, 15) is 22.8 Å². The van der Waals surface area contributed by atoms with Gasteiger partial charge in [-0.3, -0.25) is 4.79 Å². The first-order chi connectivity index (χ1) is 13.9. The Morgan fingerprint density at radius 2 is 1.77 bits per heavy atom. The Bertz CT molecular complexity index is 728. The highest BCUT2D eigenvalue weighted by atomic mass is 19.4. The average Bonchev–Trinajstić information content (AvgIpc) is 3.08. The summed E-state index contributed by atoms with van der Waals surface area (Å²) in [4.78, 5) is 27.3. The summed E-state index contributed by atoms with van der Waals surface area (Å²) < 4.78 is 49.2. The molecule has 170 valence electrons. The van der Waals surface area contributed by atoms with E-state index in [1.807, 2.05) is 0 Å². The molecule has 0 aliphatic heterocycles. The molecule has 0 radical (unpaired) electrons. The van der Waals surface area contributed by atoms with Crippen molar-refractivity contribution in [3.05, 3.63) is 23.9 Å². The van der Waals surface area contributed by atoms with Crippen LogP contribution < -0.4 is 0 Å². The second kappa shape index (κ2) is 11.1. The molecule has 0 saturated carbocycles. The SMILES string of the molecule is C=C(Cc1nc(CCCCCCCC)no1)C(=O)OC(C(F)(F)F)C(C)(C)C(=O)O. The first-order valence-electron chi connectivity index (χ1n) is 9.89. The van der Waals surface area contributed by atoms with E-state index in [0.717, 1.165) is 39.5 Å². The van der Waals surface area contributed by atoms with Crippen molar-refractivity contribution in [2.45, 2.75) is 84.4 Å². The Labute approximate surface area is 173 Å². The molecule has 0 saturated heterocycles. The van der Waals surface area contributed by atoms with Crippen molar-refractivity contribution in [1.82, 2.24) is 10.1 Å². The van der Waals surface area contributed by atoms with Gasteiger partial charge in [-0.05, 0) is 20.3 Å². The van der Waals surface area contributed by atoms with E-state index < -0.39 is 29.6 Å². The maximum absolute atomic E-state index is 13.2. The summed E-state index contributed by atoms with van der Waals surface area (Å²) in [7, 11) is 0. The largest absolute Gasteiger partial charge is 0.481 e. The second-order valence-corrected chi connectivity index (χ2v) is 7.76. The van der Waals surface area contributed by atoms with Gasteiger partial charge in [0.25, 0.3) is 0 Å². The highest BCUT2D eigenvalue weighted by Crippen LogP contribution is 2.37. The predicted octanol–water partition coefficient (Wildman–Crippen LogP) is 4.66. The molecule has 0 amide bonds. The molecule has 30 heavy (non-hydrogen) atoms. The van der Waals surface area contributed by atoms with Crippen LogP contribution in [0, 0.1) is 5.41 Å². The molecule has 0 bridgehead atoms. The number of hydrogen-bond donors (Lipinski definition) is 1. The molecule has 1 atom stereocenters. The number of hydrogen-bond acceptors (Lipinski definition) is 6. The lowest BCUT2D eigenvalue weighted by molar-refractivity contribution is -0.246. The standard InChI is InChI=1S/C20H29F3N2O5/c1-5-6-7-8-9-10-11-14-24-15(30-25-14)12-13(2)16(26)29-17(20(21,22)23)19(3,4)18(27)28/h17H,2,5-12H2,1,3-4H3,(H,27,28). The zero-order valence-electron chi connectivity index (χ0n) is 17.5. The van der Waals surface area contributed by atoms with E-state index in [4.69, 9.17) is 9.63 Å². The van der Waals surface area contributed by atoms with Gasteiger partial charge in [0.15, 0.2) is 5.82 Å². The smallest absolute Gasteiger partial charge is 0.426 e. The molecule has 0 spiro atoms. The highest BCUT2D eigenvalue weighted by Gasteiger charge is 2.56. The molecule has 1 aromatic heterocycles. The monoisotopic (exact) mass is 434 g/mol. The maximum atomic E-state index is 13.2. The van der Waals surface area contributed by atoms with Crippen LogP contribution in [0.5, 0.6) is 0 Å². The van der Waals surface area contributed by atoms with Gasteiger partial charge in [0.1, 0.15) is 5.41 Å². The number of nitrogens with zero attached hydrogens (tertiary/aromatic N) is 2. The van der Waals surface area contributed by atoms with Crippen LogP contribution in [0.25, 0.3) is 0 Å². The molecule has 0 aromatic carbocycles. The minimum Gasteiger partial charge on any atom is -0.481 e. The Hall–Kier alpha value is -2.39. The third kappa shape index (κ3) is 7.79. The number of aryl methyl sites for hydroxylation is 1. The minimum atomic E-state index is -5.06. The number of alkyl halides is 3. The number of ether oxygens (including phenoxy) is 1. The van der Waals surface area contributed by atoms with Crippen molar-refractivity contribution < 1.29 is 37.1 Å². The van der Waals surface area contributed by atoms with E-state index >= 15 is 0 Å². The summed E-state index contributed by atoms with van der Waals surface area (Å²) in [5, 5.41) is 12.8. The number of halogens is 3. The lowest BCUT2D eigenvalue weighted by Gasteiger charge is -2.31. The highest BCUT2D eigenvalue weighted by molar-refractivity contribution is 5.88. The van der Waals surface area contributed by atoms with Gasteiger partial charge in [0.05, 0.1) is 6.42 Å². The average molecular weight is 434 g/mol. The van der Waals surface area contributed by atoms with Gasteiger partial charge in [0, 0.05) is 12.0 Å². The number of aromatic nitrogens is 2. The van der Waals surface area contributed by atoms with E-state index in [2.05, 4.69) is 28.4 Å². The van der Waals surface area contributed by atoms with E-state index in [1.54, 1.807) is 0 Å². The molecule has 0 fully saturated rings. The third-order valence-corrected chi connectivity index (χ3v) is 4.65. The van der Waals surface area contributed by atoms with Crippen molar-refractivity contribution in [3.63, 3.8) is 0 Å². The summed E-state index contributed by atoms with van der Waals surface area (Å²) in [6.45, 7) is 7.21. The Morgan fingerprint density at radius 1 is 1.17 bits per heavy atom. The van der Waals surface area contributed by atoms with E-state index in [0.29, 0.717) is 12.2 Å². The van der Waals surface area contributed by atoms with E-state index in [1.165, 1.54) is 12.8 Å². The predicted molar refractivity (Wildman–Crippen MR) is 102 cm³/mol. The molecule has 1 heterocycles. The maximum Gasteiger partial charge on any atom is 0.426 e. The summed E-state index contributed by atoms with van der Waals surface area (Å²) in [5.41, 5.74) is -2.72. The van der Waals surface area contributed by atoms with Crippen LogP contribution in [-0.4, -0.2) is 39.5 Å². The molecule has 1 rings (SSSR count). The fraction of sp³-hybridized carbons (Fsp3) is 0.700. The molecule has 0 aliphatic rings. The molecule has 10 heteroatoms. The number of carbonyl (C=O) groups excluding carboxylic acids is 1. The molecule has 1 N–H and O–H groups in total. The molecular weight excluding hydrogens is 405 g/mol. The summed E-state index contributed by atoms with van der Waals surface area (Å²) >= 11 is 0. The van der Waals surface area contributed by atoms with Gasteiger partial charge in [-0.15, -0.1) is 0 Å². The Morgan fingerprint density at radius 3 is 2.33 bits per heavy atom. The number of carbonyl (C=O) groups is 2. The van der Waals surface area contributed by atoms with Crippen LogP contribution in [0.1, 0.15) is 71.0 Å². The van der Waals surface area contributed by atoms with Gasteiger partial charge >= 0.3 is 18.1 Å². The molecular formula is C20H29F3N2O5. The van der Waals surface area contributed by atoms with Crippen molar-refractivity contribution in [2.24, 2.45) is 5.41 Å². The van der Waals surface area contributed by atoms with Gasteiger partial charge in [-0.1, -0.05) is 50.8 Å². The molecule has 7 nitrogen and oxygen atoms in total. The topological polar surface area (TPSA) is 103 Å². The zero-order valence-corrected chi connectivity index (χ0v) is 17.5. The Kier molecular flexibility index (Phi) is 9.51. The summed E-state index contributed by atoms with van der Waals surface area (Å²) in [6.07, 6.45) is -1.03. The van der Waals surface area contributed by atoms with Crippen molar-refractivity contribution in [1.29, 1.82) is 0 Å². The first kappa shape index (κ1) is 25.6. The van der Waals surface area contributed by atoms with Crippen LogP contribution in [-0.2, 0) is 27.2 Å². The molecule has 1 unspecified atom stereocenters.